The molecule has 29 heavy (non-hydrogen) atoms. The van der Waals surface area contributed by atoms with Crippen molar-refractivity contribution in [3.05, 3.63) is 71.8 Å². The molecule has 148 valence electrons. The van der Waals surface area contributed by atoms with E-state index in [1.807, 2.05) is 43.3 Å². The van der Waals surface area contributed by atoms with E-state index in [-0.39, 0.29) is 11.2 Å². The monoisotopic (exact) mass is 387 g/mol. The molecule has 1 N–H and O–H groups in total. The van der Waals surface area contributed by atoms with Crippen molar-refractivity contribution >= 4 is 11.0 Å². The summed E-state index contributed by atoms with van der Waals surface area (Å²) >= 11 is 0. The lowest BCUT2D eigenvalue weighted by molar-refractivity contribution is 0.409. The molecule has 4 rings (SSSR count). The summed E-state index contributed by atoms with van der Waals surface area (Å²) in [5.74, 6) is 1.16. The Hall–Kier alpha value is -3.34. The highest BCUT2D eigenvalue weighted by atomic mass is 16.5. The average Bonchev–Trinajstić information content (AvgIpc) is 3.13. The van der Waals surface area contributed by atoms with Gasteiger partial charge in [0, 0.05) is 6.07 Å². The van der Waals surface area contributed by atoms with Crippen molar-refractivity contribution in [3.63, 3.8) is 0 Å². The Morgan fingerprint density at radius 3 is 2.48 bits per heavy atom. The molecule has 0 spiro atoms. The van der Waals surface area contributed by atoms with Crippen molar-refractivity contribution in [1.82, 2.24) is 15.0 Å². The third-order valence-electron chi connectivity index (χ3n) is 5.42. The van der Waals surface area contributed by atoms with Gasteiger partial charge in [-0.05, 0) is 66.3 Å². The van der Waals surface area contributed by atoms with Gasteiger partial charge in [-0.25, -0.2) is 0 Å². The van der Waals surface area contributed by atoms with Gasteiger partial charge in [0.2, 0.25) is 0 Å². The minimum absolute atomic E-state index is 0.0456. The number of aromatic hydroxyl groups is 1. The first-order valence-corrected chi connectivity index (χ1v) is 9.81. The topological polar surface area (TPSA) is 60.2 Å². The molecule has 0 aliphatic rings. The van der Waals surface area contributed by atoms with Gasteiger partial charge in [0.15, 0.2) is 11.5 Å². The van der Waals surface area contributed by atoms with E-state index in [2.05, 4.69) is 37.0 Å². The van der Waals surface area contributed by atoms with Gasteiger partial charge in [-0.15, -0.1) is 10.2 Å². The first kappa shape index (κ1) is 19.0. The van der Waals surface area contributed by atoms with Crippen molar-refractivity contribution < 1.29 is 9.84 Å². The molecule has 5 heteroatoms. The number of rotatable bonds is 5. The molecule has 0 unspecified atom stereocenters. The van der Waals surface area contributed by atoms with Crippen molar-refractivity contribution in [1.29, 1.82) is 0 Å². The third kappa shape index (κ3) is 3.81. The largest absolute Gasteiger partial charge is 0.504 e. The summed E-state index contributed by atoms with van der Waals surface area (Å²) in [5.41, 5.74) is 4.75. The fraction of sp³-hybridized carbons (Fsp3) is 0.250. The number of hydrogen-bond donors (Lipinski definition) is 1. The predicted octanol–water partition coefficient (Wildman–Crippen LogP) is 5.91. The lowest BCUT2D eigenvalue weighted by Gasteiger charge is -2.24. The molecule has 0 atom stereocenters. The molecule has 0 saturated carbocycles. The summed E-state index contributed by atoms with van der Waals surface area (Å²) in [7, 11) is 0. The SMILES string of the molecule is CCC(C)(C)c1cc(Oc2ccccc2O)cc(-n2nc3ccc(C)cc3n2)c1. The van der Waals surface area contributed by atoms with Crippen LogP contribution in [0.25, 0.3) is 16.7 Å². The minimum atomic E-state index is -0.0456. The molecule has 0 fully saturated rings. The number of para-hydroxylation sites is 2. The highest BCUT2D eigenvalue weighted by Crippen LogP contribution is 2.35. The van der Waals surface area contributed by atoms with Gasteiger partial charge < -0.3 is 9.84 Å². The van der Waals surface area contributed by atoms with Crippen LogP contribution in [0.5, 0.6) is 17.2 Å². The van der Waals surface area contributed by atoms with Crippen LogP contribution in [0.2, 0.25) is 0 Å². The molecule has 0 amide bonds. The molecular formula is C24H25N3O2. The van der Waals surface area contributed by atoms with E-state index in [4.69, 9.17) is 4.74 Å². The fourth-order valence-electron chi connectivity index (χ4n) is 3.16. The average molecular weight is 387 g/mol. The number of aromatic nitrogens is 3. The second-order valence-electron chi connectivity index (χ2n) is 8.00. The first-order chi connectivity index (χ1) is 13.9. The Morgan fingerprint density at radius 2 is 1.72 bits per heavy atom. The number of benzene rings is 3. The molecular weight excluding hydrogens is 362 g/mol. The molecule has 0 bridgehead atoms. The number of hydrogen-bond acceptors (Lipinski definition) is 4. The number of ether oxygens (including phenoxy) is 1. The molecule has 1 heterocycles. The molecule has 0 aliphatic carbocycles. The van der Waals surface area contributed by atoms with E-state index in [9.17, 15) is 5.11 Å². The molecule has 0 radical (unpaired) electrons. The van der Waals surface area contributed by atoms with Gasteiger partial charge in [0.25, 0.3) is 0 Å². The Balaban J connectivity index is 1.83. The van der Waals surface area contributed by atoms with E-state index >= 15 is 0 Å². The zero-order chi connectivity index (χ0) is 20.6. The number of nitrogens with zero attached hydrogens (tertiary/aromatic N) is 3. The molecule has 5 nitrogen and oxygen atoms in total. The quantitative estimate of drug-likeness (QED) is 0.462. The summed E-state index contributed by atoms with van der Waals surface area (Å²) in [6.07, 6.45) is 0.972. The van der Waals surface area contributed by atoms with E-state index < -0.39 is 0 Å². The molecule has 4 aromatic rings. The van der Waals surface area contributed by atoms with Crippen LogP contribution >= 0.6 is 0 Å². The van der Waals surface area contributed by atoms with Crippen LogP contribution in [0.1, 0.15) is 38.3 Å². The maximum absolute atomic E-state index is 10.1. The molecule has 0 aliphatic heterocycles. The van der Waals surface area contributed by atoms with Crippen LogP contribution in [-0.2, 0) is 5.41 Å². The summed E-state index contributed by atoms with van der Waals surface area (Å²) < 4.78 is 6.03. The van der Waals surface area contributed by atoms with E-state index in [1.165, 1.54) is 0 Å². The zero-order valence-corrected chi connectivity index (χ0v) is 17.2. The van der Waals surface area contributed by atoms with E-state index in [0.717, 1.165) is 34.3 Å². The Bertz CT molecular complexity index is 1180. The predicted molar refractivity (Wildman–Crippen MR) is 115 cm³/mol. The second-order valence-corrected chi connectivity index (χ2v) is 8.00. The second kappa shape index (κ2) is 7.24. The number of fused-ring (bicyclic) bond motifs is 1. The van der Waals surface area contributed by atoms with Crippen molar-refractivity contribution in [2.75, 3.05) is 0 Å². The Morgan fingerprint density at radius 1 is 0.966 bits per heavy atom. The fourth-order valence-corrected chi connectivity index (χ4v) is 3.16. The van der Waals surface area contributed by atoms with Crippen LogP contribution < -0.4 is 4.74 Å². The van der Waals surface area contributed by atoms with Crippen LogP contribution in [0.3, 0.4) is 0 Å². The Labute approximate surface area is 170 Å². The summed E-state index contributed by atoms with van der Waals surface area (Å²) in [6.45, 7) is 8.61. The summed E-state index contributed by atoms with van der Waals surface area (Å²) in [5, 5.41) is 19.4. The van der Waals surface area contributed by atoms with Gasteiger partial charge in [-0.2, -0.15) is 4.80 Å². The van der Waals surface area contributed by atoms with Gasteiger partial charge in [0.05, 0.1) is 5.69 Å². The van der Waals surface area contributed by atoms with Crippen molar-refractivity contribution in [3.8, 4) is 22.9 Å². The standard InChI is InChI=1S/C24H25N3O2/c1-5-24(3,4)17-13-18(27-25-20-11-10-16(2)12-21(20)26-27)15-19(14-17)29-23-9-7-6-8-22(23)28/h6-15,28H,5H2,1-4H3. The lowest BCUT2D eigenvalue weighted by atomic mass is 9.82. The summed E-state index contributed by atoms with van der Waals surface area (Å²) in [4.78, 5) is 1.65. The van der Waals surface area contributed by atoms with Gasteiger partial charge in [-0.3, -0.25) is 0 Å². The van der Waals surface area contributed by atoms with Crippen LogP contribution in [0.15, 0.2) is 60.7 Å². The maximum Gasteiger partial charge on any atom is 0.169 e. The van der Waals surface area contributed by atoms with Gasteiger partial charge in [0.1, 0.15) is 16.8 Å². The number of phenols is 1. The highest BCUT2D eigenvalue weighted by Gasteiger charge is 2.21. The third-order valence-corrected chi connectivity index (χ3v) is 5.42. The normalized spacial score (nSPS) is 11.7. The van der Waals surface area contributed by atoms with Crippen molar-refractivity contribution in [2.45, 2.75) is 39.5 Å². The molecule has 1 aromatic heterocycles. The first-order valence-electron chi connectivity index (χ1n) is 9.81. The summed E-state index contributed by atoms with van der Waals surface area (Å²) in [6, 6.07) is 19.0. The van der Waals surface area contributed by atoms with Gasteiger partial charge >= 0.3 is 0 Å². The number of phenolic OH excluding ortho intramolecular Hbond substituents is 1. The number of aryl methyl sites for hydroxylation is 1. The van der Waals surface area contributed by atoms with E-state index in [1.54, 1.807) is 23.0 Å². The van der Waals surface area contributed by atoms with Gasteiger partial charge in [-0.1, -0.05) is 39.0 Å². The lowest BCUT2D eigenvalue weighted by Crippen LogP contribution is -2.16. The smallest absolute Gasteiger partial charge is 0.169 e. The van der Waals surface area contributed by atoms with Crippen LogP contribution in [0.4, 0.5) is 0 Å². The van der Waals surface area contributed by atoms with Crippen LogP contribution in [-0.4, -0.2) is 20.1 Å². The Kier molecular flexibility index (Phi) is 4.74. The van der Waals surface area contributed by atoms with Crippen molar-refractivity contribution in [2.24, 2.45) is 0 Å². The minimum Gasteiger partial charge on any atom is -0.504 e. The maximum atomic E-state index is 10.1. The van der Waals surface area contributed by atoms with E-state index in [0.29, 0.717) is 11.5 Å². The van der Waals surface area contributed by atoms with Crippen LogP contribution in [0, 0.1) is 6.92 Å². The zero-order valence-electron chi connectivity index (χ0n) is 17.2. The molecule has 3 aromatic carbocycles. The molecule has 0 saturated heterocycles. The highest BCUT2D eigenvalue weighted by molar-refractivity contribution is 5.74.